The summed E-state index contributed by atoms with van der Waals surface area (Å²) >= 11 is 0. The van der Waals surface area contributed by atoms with E-state index in [0.717, 1.165) is 0 Å². The number of pyridine rings is 1. The van der Waals surface area contributed by atoms with Gasteiger partial charge in [-0.2, -0.15) is 0 Å². The predicted molar refractivity (Wildman–Crippen MR) is 110 cm³/mol. The molecule has 0 saturated heterocycles. The highest BCUT2D eigenvalue weighted by atomic mass is 19.1. The van der Waals surface area contributed by atoms with Crippen LogP contribution < -0.4 is 10.7 Å². The third-order valence-electron chi connectivity index (χ3n) is 4.93. The summed E-state index contributed by atoms with van der Waals surface area (Å²) in [5, 5.41) is 14.0. The summed E-state index contributed by atoms with van der Waals surface area (Å²) in [4.78, 5) is 25.3. The molecule has 4 rings (SSSR count). The molecule has 5 nitrogen and oxygen atoms in total. The molecule has 1 aromatic heterocycles. The van der Waals surface area contributed by atoms with E-state index in [4.69, 9.17) is 0 Å². The SMILES string of the molecule is O=C(Cn1c2ccccc2c(=O)c2ccccc21)NCC(O)c1ccc(F)cc1. The standard InChI is InChI=1S/C23H19FN2O3/c24-16-11-9-15(10-12-16)21(27)13-25-22(28)14-26-19-7-3-1-5-17(19)23(29)18-6-2-4-8-20(18)26/h1-12,21,27H,13-14H2,(H,25,28). The lowest BCUT2D eigenvalue weighted by Gasteiger charge is -2.16. The van der Waals surface area contributed by atoms with Gasteiger partial charge in [-0.15, -0.1) is 0 Å². The molecule has 2 N–H and O–H groups in total. The van der Waals surface area contributed by atoms with Crippen molar-refractivity contribution >= 4 is 27.7 Å². The fraction of sp³-hybridized carbons (Fsp3) is 0.130. The lowest BCUT2D eigenvalue weighted by Crippen LogP contribution is -2.32. The first-order valence-electron chi connectivity index (χ1n) is 9.25. The molecule has 0 aliphatic heterocycles. The first kappa shape index (κ1) is 18.8. The lowest BCUT2D eigenvalue weighted by molar-refractivity contribution is -0.122. The number of amides is 1. The Labute approximate surface area is 166 Å². The Bertz CT molecular complexity index is 1190. The number of benzene rings is 3. The summed E-state index contributed by atoms with van der Waals surface area (Å²) in [5.41, 5.74) is 1.79. The molecule has 0 spiro atoms. The minimum absolute atomic E-state index is 0.000526. The number of hydrogen-bond acceptors (Lipinski definition) is 3. The Morgan fingerprint density at radius 3 is 2.07 bits per heavy atom. The highest BCUT2D eigenvalue weighted by Crippen LogP contribution is 2.19. The number of nitrogens with one attached hydrogen (secondary N) is 1. The molecule has 6 heteroatoms. The summed E-state index contributed by atoms with van der Waals surface area (Å²) in [6.07, 6.45) is -0.943. The molecular weight excluding hydrogens is 371 g/mol. The average molecular weight is 390 g/mol. The maximum absolute atomic E-state index is 13.0. The normalized spacial score (nSPS) is 12.2. The van der Waals surface area contributed by atoms with E-state index in [1.807, 2.05) is 24.3 Å². The number of halogens is 1. The zero-order valence-corrected chi connectivity index (χ0v) is 15.5. The van der Waals surface area contributed by atoms with Gasteiger partial charge in [0.25, 0.3) is 0 Å². The highest BCUT2D eigenvalue weighted by Gasteiger charge is 2.14. The Hall–Kier alpha value is -3.51. The number of aliphatic hydroxyl groups is 1. The van der Waals surface area contributed by atoms with Gasteiger partial charge in [-0.05, 0) is 42.0 Å². The highest BCUT2D eigenvalue weighted by molar-refractivity contribution is 5.94. The van der Waals surface area contributed by atoms with Crippen LogP contribution in [0.25, 0.3) is 21.8 Å². The van der Waals surface area contributed by atoms with Crippen LogP contribution in [0.15, 0.2) is 77.6 Å². The van der Waals surface area contributed by atoms with E-state index >= 15 is 0 Å². The van der Waals surface area contributed by atoms with Gasteiger partial charge in [0, 0.05) is 17.3 Å². The van der Waals surface area contributed by atoms with Gasteiger partial charge < -0.3 is 15.0 Å². The number of para-hydroxylation sites is 2. The number of carbonyl (C=O) groups excluding carboxylic acids is 1. The van der Waals surface area contributed by atoms with Gasteiger partial charge in [-0.25, -0.2) is 4.39 Å². The Morgan fingerprint density at radius 2 is 1.48 bits per heavy atom. The van der Waals surface area contributed by atoms with Gasteiger partial charge >= 0.3 is 0 Å². The van der Waals surface area contributed by atoms with E-state index in [9.17, 15) is 19.1 Å². The van der Waals surface area contributed by atoms with Crippen molar-refractivity contribution in [1.82, 2.24) is 9.88 Å². The van der Waals surface area contributed by atoms with Crippen molar-refractivity contribution in [3.63, 3.8) is 0 Å². The number of aliphatic hydroxyl groups excluding tert-OH is 1. The molecule has 1 unspecified atom stereocenters. The molecular formula is C23H19FN2O3. The molecule has 0 saturated carbocycles. The van der Waals surface area contributed by atoms with Crippen molar-refractivity contribution in [1.29, 1.82) is 0 Å². The minimum Gasteiger partial charge on any atom is -0.387 e. The Kier molecular flexibility index (Phi) is 5.10. The van der Waals surface area contributed by atoms with E-state index in [1.165, 1.54) is 24.3 Å². The molecule has 1 heterocycles. The Balaban J connectivity index is 1.60. The maximum atomic E-state index is 13.0. The molecule has 146 valence electrons. The van der Waals surface area contributed by atoms with Crippen LogP contribution in [-0.4, -0.2) is 22.1 Å². The number of carbonyl (C=O) groups is 1. The van der Waals surface area contributed by atoms with Gasteiger partial charge in [-0.1, -0.05) is 36.4 Å². The minimum atomic E-state index is -0.943. The summed E-state index contributed by atoms with van der Waals surface area (Å²) in [6.45, 7) is -0.00201. The van der Waals surface area contributed by atoms with Crippen molar-refractivity contribution in [3.05, 3.63) is 94.4 Å². The van der Waals surface area contributed by atoms with Crippen LogP contribution in [0, 0.1) is 5.82 Å². The summed E-state index contributed by atoms with van der Waals surface area (Å²) in [7, 11) is 0. The van der Waals surface area contributed by atoms with Crippen molar-refractivity contribution in [2.24, 2.45) is 0 Å². The predicted octanol–water partition coefficient (Wildman–Crippen LogP) is 3.14. The average Bonchev–Trinajstić information content (AvgIpc) is 2.75. The van der Waals surface area contributed by atoms with Crippen LogP contribution in [0.4, 0.5) is 4.39 Å². The van der Waals surface area contributed by atoms with Crippen LogP contribution in [0.2, 0.25) is 0 Å². The Morgan fingerprint density at radius 1 is 0.931 bits per heavy atom. The van der Waals surface area contributed by atoms with Gasteiger partial charge in [0.05, 0.1) is 17.1 Å². The van der Waals surface area contributed by atoms with Crippen molar-refractivity contribution in [2.45, 2.75) is 12.6 Å². The van der Waals surface area contributed by atoms with Crippen molar-refractivity contribution in [3.8, 4) is 0 Å². The van der Waals surface area contributed by atoms with E-state index in [2.05, 4.69) is 5.32 Å². The first-order valence-corrected chi connectivity index (χ1v) is 9.25. The molecule has 29 heavy (non-hydrogen) atoms. The number of rotatable bonds is 5. The topological polar surface area (TPSA) is 71.3 Å². The van der Waals surface area contributed by atoms with Crippen LogP contribution in [0.1, 0.15) is 11.7 Å². The van der Waals surface area contributed by atoms with Gasteiger partial charge in [0.2, 0.25) is 5.91 Å². The molecule has 0 radical (unpaired) electrons. The smallest absolute Gasteiger partial charge is 0.240 e. The summed E-state index contributed by atoms with van der Waals surface area (Å²) in [6, 6.07) is 19.8. The zero-order valence-electron chi connectivity index (χ0n) is 15.5. The monoisotopic (exact) mass is 390 g/mol. The van der Waals surface area contributed by atoms with Gasteiger partial charge in [-0.3, -0.25) is 9.59 Å². The van der Waals surface area contributed by atoms with Gasteiger partial charge in [0.1, 0.15) is 12.4 Å². The van der Waals surface area contributed by atoms with Gasteiger partial charge in [0.15, 0.2) is 5.43 Å². The number of hydrogen-bond donors (Lipinski definition) is 2. The van der Waals surface area contributed by atoms with Crippen LogP contribution in [0.5, 0.6) is 0 Å². The first-order chi connectivity index (χ1) is 14.0. The van der Waals surface area contributed by atoms with Crippen molar-refractivity contribution in [2.75, 3.05) is 6.54 Å². The van der Waals surface area contributed by atoms with Crippen LogP contribution in [0.3, 0.4) is 0 Å². The molecule has 3 aromatic carbocycles. The molecule has 1 atom stereocenters. The number of nitrogens with zero attached hydrogens (tertiary/aromatic N) is 1. The third-order valence-corrected chi connectivity index (χ3v) is 4.93. The van der Waals surface area contributed by atoms with E-state index < -0.39 is 6.10 Å². The molecule has 0 bridgehead atoms. The number of fused-ring (bicyclic) bond motifs is 2. The largest absolute Gasteiger partial charge is 0.387 e. The summed E-state index contributed by atoms with van der Waals surface area (Å²) in [5.74, 6) is -0.688. The second-order valence-corrected chi connectivity index (χ2v) is 6.82. The lowest BCUT2D eigenvalue weighted by atomic mass is 10.1. The van der Waals surface area contributed by atoms with E-state index in [1.54, 1.807) is 28.8 Å². The van der Waals surface area contributed by atoms with E-state index in [-0.39, 0.29) is 30.2 Å². The van der Waals surface area contributed by atoms with Crippen LogP contribution >= 0.6 is 0 Å². The maximum Gasteiger partial charge on any atom is 0.240 e. The number of aromatic nitrogens is 1. The molecule has 4 aromatic rings. The zero-order chi connectivity index (χ0) is 20.4. The quantitative estimate of drug-likeness (QED) is 0.515. The molecule has 0 fully saturated rings. The van der Waals surface area contributed by atoms with Crippen molar-refractivity contribution < 1.29 is 14.3 Å². The molecule has 0 aliphatic carbocycles. The molecule has 0 aliphatic rings. The van der Waals surface area contributed by atoms with E-state index in [0.29, 0.717) is 27.4 Å². The second kappa shape index (κ2) is 7.85. The molecule has 1 amide bonds. The fourth-order valence-electron chi connectivity index (χ4n) is 3.46. The summed E-state index contributed by atoms with van der Waals surface area (Å²) < 4.78 is 14.8. The second-order valence-electron chi connectivity index (χ2n) is 6.82. The fourth-order valence-corrected chi connectivity index (χ4v) is 3.46. The third kappa shape index (κ3) is 3.75. The van der Waals surface area contributed by atoms with Crippen LogP contribution in [-0.2, 0) is 11.3 Å².